The molecule has 0 bridgehead atoms. The van der Waals surface area contributed by atoms with Crippen molar-refractivity contribution in [3.05, 3.63) is 0 Å². The van der Waals surface area contributed by atoms with Crippen molar-refractivity contribution < 1.29 is 0 Å². The molecule has 68 valence electrons. The van der Waals surface area contributed by atoms with E-state index in [4.69, 9.17) is 0 Å². The Labute approximate surface area is 75.3 Å². The molecule has 0 aliphatic rings. The summed E-state index contributed by atoms with van der Waals surface area (Å²) in [5, 5.41) is 3.55. The second kappa shape index (κ2) is 6.99. The van der Waals surface area contributed by atoms with Crippen LogP contribution < -0.4 is 5.32 Å². The van der Waals surface area contributed by atoms with Crippen molar-refractivity contribution in [3.8, 4) is 0 Å². The minimum atomic E-state index is 0.715. The van der Waals surface area contributed by atoms with Crippen LogP contribution in [0.1, 0.15) is 27.2 Å². The predicted octanol–water partition coefficient (Wildman–Crippen LogP) is 2.37. The summed E-state index contributed by atoms with van der Waals surface area (Å²) in [6.07, 6.45) is 3.41. The van der Waals surface area contributed by atoms with Crippen LogP contribution in [-0.4, -0.2) is 24.6 Å². The van der Waals surface area contributed by atoms with Crippen molar-refractivity contribution in [2.24, 2.45) is 5.92 Å². The van der Waals surface area contributed by atoms with E-state index in [1.54, 1.807) is 0 Å². The van der Waals surface area contributed by atoms with Gasteiger partial charge in [0.15, 0.2) is 0 Å². The fraction of sp³-hybridized carbons (Fsp3) is 1.00. The average Bonchev–Trinajstić information content (AvgIpc) is 1.97. The second-order valence-electron chi connectivity index (χ2n) is 3.36. The van der Waals surface area contributed by atoms with Gasteiger partial charge in [-0.25, -0.2) is 0 Å². The number of thioether (sulfide) groups is 1. The molecule has 11 heavy (non-hydrogen) atoms. The molecular weight excluding hydrogens is 154 g/mol. The molecule has 0 radical (unpaired) electrons. The summed E-state index contributed by atoms with van der Waals surface area (Å²) in [6, 6.07) is 0.715. The first-order chi connectivity index (χ1) is 5.20. The van der Waals surface area contributed by atoms with Crippen molar-refractivity contribution in [2.75, 3.05) is 18.6 Å². The Morgan fingerprint density at radius 1 is 1.36 bits per heavy atom. The van der Waals surface area contributed by atoms with Crippen LogP contribution in [-0.2, 0) is 0 Å². The Bertz CT molecular complexity index is 83.6. The molecule has 1 atom stereocenters. The van der Waals surface area contributed by atoms with Gasteiger partial charge in [0.2, 0.25) is 0 Å². The minimum Gasteiger partial charge on any atom is -0.313 e. The standard InChI is InChI=1S/C9H21NS/c1-5-9(7-11-4)10-6-8(2)3/h8-10H,5-7H2,1-4H3. The second-order valence-corrected chi connectivity index (χ2v) is 4.27. The van der Waals surface area contributed by atoms with E-state index in [0.717, 1.165) is 12.5 Å². The van der Waals surface area contributed by atoms with E-state index in [1.165, 1.54) is 12.2 Å². The Kier molecular flexibility index (Phi) is 7.18. The highest BCUT2D eigenvalue weighted by molar-refractivity contribution is 7.98. The van der Waals surface area contributed by atoms with Gasteiger partial charge >= 0.3 is 0 Å². The van der Waals surface area contributed by atoms with Crippen LogP contribution >= 0.6 is 11.8 Å². The first-order valence-corrected chi connectivity index (χ1v) is 5.82. The molecule has 2 heteroatoms. The van der Waals surface area contributed by atoms with Gasteiger partial charge in [0.25, 0.3) is 0 Å². The third-order valence-electron chi connectivity index (χ3n) is 1.68. The first kappa shape index (κ1) is 11.3. The molecule has 0 aromatic heterocycles. The van der Waals surface area contributed by atoms with Gasteiger partial charge in [-0.1, -0.05) is 20.8 Å². The summed E-state index contributed by atoms with van der Waals surface area (Å²) in [4.78, 5) is 0. The third kappa shape index (κ3) is 6.70. The molecule has 0 spiro atoms. The lowest BCUT2D eigenvalue weighted by atomic mass is 10.2. The SMILES string of the molecule is CCC(CSC)NCC(C)C. The summed E-state index contributed by atoms with van der Waals surface area (Å²) in [5.41, 5.74) is 0. The molecule has 0 aliphatic carbocycles. The van der Waals surface area contributed by atoms with Crippen LogP contribution in [0.4, 0.5) is 0 Å². The number of hydrogen-bond acceptors (Lipinski definition) is 2. The Morgan fingerprint density at radius 2 is 2.00 bits per heavy atom. The maximum Gasteiger partial charge on any atom is 0.0155 e. The van der Waals surface area contributed by atoms with E-state index in [2.05, 4.69) is 32.3 Å². The lowest BCUT2D eigenvalue weighted by Crippen LogP contribution is -2.33. The van der Waals surface area contributed by atoms with Gasteiger partial charge in [0, 0.05) is 11.8 Å². The molecule has 1 N–H and O–H groups in total. The maximum absolute atomic E-state index is 3.55. The number of nitrogens with one attached hydrogen (secondary N) is 1. The highest BCUT2D eigenvalue weighted by Gasteiger charge is 2.03. The molecule has 0 saturated carbocycles. The van der Waals surface area contributed by atoms with E-state index in [1.807, 2.05) is 11.8 Å². The minimum absolute atomic E-state index is 0.715. The normalized spacial score (nSPS) is 13.9. The van der Waals surface area contributed by atoms with Crippen molar-refractivity contribution in [2.45, 2.75) is 33.2 Å². The highest BCUT2D eigenvalue weighted by Crippen LogP contribution is 2.01. The largest absolute Gasteiger partial charge is 0.313 e. The van der Waals surface area contributed by atoms with E-state index in [-0.39, 0.29) is 0 Å². The van der Waals surface area contributed by atoms with Crippen molar-refractivity contribution in [1.29, 1.82) is 0 Å². The maximum atomic E-state index is 3.55. The summed E-state index contributed by atoms with van der Waals surface area (Å²) in [6.45, 7) is 7.89. The molecule has 0 fully saturated rings. The molecule has 0 saturated heterocycles. The zero-order valence-electron chi connectivity index (χ0n) is 8.18. The van der Waals surface area contributed by atoms with Crippen LogP contribution in [0.25, 0.3) is 0 Å². The van der Waals surface area contributed by atoms with Gasteiger partial charge in [-0.05, 0) is 25.1 Å². The molecule has 0 heterocycles. The molecule has 1 nitrogen and oxygen atoms in total. The molecule has 0 aromatic carbocycles. The molecule has 0 rings (SSSR count). The molecule has 0 aliphatic heterocycles. The summed E-state index contributed by atoms with van der Waals surface area (Å²) >= 11 is 1.92. The van der Waals surface area contributed by atoms with Crippen LogP contribution in [0.5, 0.6) is 0 Å². The number of rotatable bonds is 6. The summed E-state index contributed by atoms with van der Waals surface area (Å²) in [5.74, 6) is 2.01. The van der Waals surface area contributed by atoms with Gasteiger partial charge in [-0.3, -0.25) is 0 Å². The van der Waals surface area contributed by atoms with E-state index in [0.29, 0.717) is 6.04 Å². The predicted molar refractivity (Wildman–Crippen MR) is 55.3 cm³/mol. The Morgan fingerprint density at radius 3 is 2.36 bits per heavy atom. The van der Waals surface area contributed by atoms with Crippen molar-refractivity contribution in [3.63, 3.8) is 0 Å². The smallest absolute Gasteiger partial charge is 0.0155 e. The van der Waals surface area contributed by atoms with E-state index >= 15 is 0 Å². The van der Waals surface area contributed by atoms with Gasteiger partial charge in [-0.2, -0.15) is 11.8 Å². The van der Waals surface area contributed by atoms with Crippen LogP contribution in [0.15, 0.2) is 0 Å². The van der Waals surface area contributed by atoms with Crippen LogP contribution in [0.3, 0.4) is 0 Å². The summed E-state index contributed by atoms with van der Waals surface area (Å²) in [7, 11) is 0. The zero-order valence-corrected chi connectivity index (χ0v) is 9.00. The number of hydrogen-bond donors (Lipinski definition) is 1. The Balaban J connectivity index is 3.35. The first-order valence-electron chi connectivity index (χ1n) is 4.43. The lowest BCUT2D eigenvalue weighted by Gasteiger charge is -2.16. The fourth-order valence-electron chi connectivity index (χ4n) is 0.925. The summed E-state index contributed by atoms with van der Waals surface area (Å²) < 4.78 is 0. The molecule has 0 amide bonds. The monoisotopic (exact) mass is 175 g/mol. The van der Waals surface area contributed by atoms with Gasteiger partial charge < -0.3 is 5.32 Å². The quantitative estimate of drug-likeness (QED) is 0.665. The van der Waals surface area contributed by atoms with Crippen molar-refractivity contribution >= 4 is 11.8 Å². The molecule has 1 unspecified atom stereocenters. The fourth-order valence-corrected chi connectivity index (χ4v) is 1.68. The highest BCUT2D eigenvalue weighted by atomic mass is 32.2. The van der Waals surface area contributed by atoms with Gasteiger partial charge in [-0.15, -0.1) is 0 Å². The molecule has 0 aromatic rings. The lowest BCUT2D eigenvalue weighted by molar-refractivity contribution is 0.480. The van der Waals surface area contributed by atoms with Crippen LogP contribution in [0, 0.1) is 5.92 Å². The van der Waals surface area contributed by atoms with Crippen LogP contribution in [0.2, 0.25) is 0 Å². The van der Waals surface area contributed by atoms with Gasteiger partial charge in [0.1, 0.15) is 0 Å². The zero-order chi connectivity index (χ0) is 8.69. The van der Waals surface area contributed by atoms with E-state index in [9.17, 15) is 0 Å². The topological polar surface area (TPSA) is 12.0 Å². The third-order valence-corrected chi connectivity index (χ3v) is 2.41. The van der Waals surface area contributed by atoms with Crippen molar-refractivity contribution in [1.82, 2.24) is 5.32 Å². The Hall–Kier alpha value is 0.310. The average molecular weight is 175 g/mol. The van der Waals surface area contributed by atoms with Gasteiger partial charge in [0.05, 0.1) is 0 Å². The van der Waals surface area contributed by atoms with E-state index < -0.39 is 0 Å². The molecular formula is C9H21NS.